The smallest absolute Gasteiger partial charge is 0.148 e. The number of hydrogen-bond donors (Lipinski definition) is 1. The van der Waals surface area contributed by atoms with Crippen molar-refractivity contribution >= 4 is 9.84 Å². The molecule has 0 aromatic heterocycles. The van der Waals surface area contributed by atoms with E-state index in [0.717, 1.165) is 13.0 Å². The summed E-state index contributed by atoms with van der Waals surface area (Å²) in [5.74, 6) is 0.216. The van der Waals surface area contributed by atoms with Gasteiger partial charge in [-0.1, -0.05) is 13.8 Å². The van der Waals surface area contributed by atoms with E-state index in [1.165, 1.54) is 6.26 Å². The van der Waals surface area contributed by atoms with Gasteiger partial charge in [-0.25, -0.2) is 8.42 Å². The van der Waals surface area contributed by atoms with Crippen LogP contribution in [0.3, 0.4) is 0 Å². The molecule has 0 amide bonds. The van der Waals surface area contributed by atoms with Gasteiger partial charge < -0.3 is 10.6 Å². The summed E-state index contributed by atoms with van der Waals surface area (Å²) >= 11 is 0. The van der Waals surface area contributed by atoms with E-state index in [2.05, 4.69) is 13.8 Å². The van der Waals surface area contributed by atoms with Crippen molar-refractivity contribution in [3.63, 3.8) is 0 Å². The van der Waals surface area contributed by atoms with Gasteiger partial charge >= 0.3 is 0 Å². The van der Waals surface area contributed by atoms with Crippen LogP contribution in [0.2, 0.25) is 0 Å². The monoisotopic (exact) mass is 236 g/mol. The van der Waals surface area contributed by atoms with Crippen molar-refractivity contribution in [2.45, 2.75) is 20.3 Å². The SMILES string of the molecule is CCC(C)(CN)CN(C)CCS(C)(=O)=O. The van der Waals surface area contributed by atoms with Crippen molar-refractivity contribution < 1.29 is 8.42 Å². The highest BCUT2D eigenvalue weighted by Crippen LogP contribution is 2.19. The van der Waals surface area contributed by atoms with Crippen LogP contribution in [0.4, 0.5) is 0 Å². The number of nitrogens with two attached hydrogens (primary N) is 1. The van der Waals surface area contributed by atoms with Crippen molar-refractivity contribution in [2.24, 2.45) is 11.1 Å². The molecule has 1 atom stereocenters. The lowest BCUT2D eigenvalue weighted by Gasteiger charge is -2.31. The first-order valence-electron chi connectivity index (χ1n) is 5.29. The molecule has 5 heteroatoms. The summed E-state index contributed by atoms with van der Waals surface area (Å²) in [7, 11) is -0.922. The molecule has 0 radical (unpaired) electrons. The van der Waals surface area contributed by atoms with E-state index in [1.54, 1.807) is 0 Å². The lowest BCUT2D eigenvalue weighted by molar-refractivity contribution is 0.199. The highest BCUT2D eigenvalue weighted by atomic mass is 32.2. The largest absolute Gasteiger partial charge is 0.330 e. The normalized spacial score (nSPS) is 16.7. The van der Waals surface area contributed by atoms with Crippen LogP contribution in [0.25, 0.3) is 0 Å². The average Bonchev–Trinajstić information content (AvgIpc) is 2.13. The molecule has 0 bridgehead atoms. The molecule has 4 nitrogen and oxygen atoms in total. The zero-order valence-electron chi connectivity index (χ0n) is 10.3. The Morgan fingerprint density at radius 2 is 1.93 bits per heavy atom. The van der Waals surface area contributed by atoms with Gasteiger partial charge in [0.15, 0.2) is 0 Å². The molecule has 0 heterocycles. The number of rotatable bonds is 7. The number of sulfone groups is 1. The van der Waals surface area contributed by atoms with Crippen LogP contribution in [0, 0.1) is 5.41 Å². The second kappa shape index (κ2) is 5.82. The maximum Gasteiger partial charge on any atom is 0.148 e. The first-order chi connectivity index (χ1) is 6.72. The fourth-order valence-corrected chi connectivity index (χ4v) is 2.02. The molecule has 0 aromatic rings. The van der Waals surface area contributed by atoms with Crippen molar-refractivity contribution in [1.82, 2.24) is 4.90 Å². The zero-order valence-corrected chi connectivity index (χ0v) is 11.1. The molecule has 92 valence electrons. The molecule has 0 aliphatic heterocycles. The van der Waals surface area contributed by atoms with Crippen molar-refractivity contribution in [3.05, 3.63) is 0 Å². The van der Waals surface area contributed by atoms with E-state index in [0.29, 0.717) is 13.1 Å². The maximum absolute atomic E-state index is 11.0. The van der Waals surface area contributed by atoms with Crippen LogP contribution in [0.5, 0.6) is 0 Å². The van der Waals surface area contributed by atoms with E-state index >= 15 is 0 Å². The average molecular weight is 236 g/mol. The van der Waals surface area contributed by atoms with Crippen LogP contribution in [0.1, 0.15) is 20.3 Å². The second-order valence-corrected chi connectivity index (χ2v) is 7.00. The third kappa shape index (κ3) is 6.87. The summed E-state index contributed by atoms with van der Waals surface area (Å²) in [6.07, 6.45) is 2.27. The predicted molar refractivity (Wildman–Crippen MR) is 64.7 cm³/mol. The molecule has 0 spiro atoms. The maximum atomic E-state index is 11.0. The minimum atomic E-state index is -2.86. The Morgan fingerprint density at radius 1 is 1.40 bits per heavy atom. The van der Waals surface area contributed by atoms with Gasteiger partial charge in [0, 0.05) is 19.3 Å². The van der Waals surface area contributed by atoms with E-state index < -0.39 is 9.84 Å². The van der Waals surface area contributed by atoms with Gasteiger partial charge in [-0.2, -0.15) is 0 Å². The van der Waals surface area contributed by atoms with E-state index in [-0.39, 0.29) is 11.2 Å². The number of nitrogens with zero attached hydrogens (tertiary/aromatic N) is 1. The Labute approximate surface area is 93.7 Å². The van der Waals surface area contributed by atoms with Gasteiger partial charge in [-0.05, 0) is 25.4 Å². The molecule has 2 N–H and O–H groups in total. The van der Waals surface area contributed by atoms with Crippen LogP contribution in [0.15, 0.2) is 0 Å². The highest BCUT2D eigenvalue weighted by Gasteiger charge is 2.22. The van der Waals surface area contributed by atoms with Crippen molar-refractivity contribution in [1.29, 1.82) is 0 Å². The number of hydrogen-bond acceptors (Lipinski definition) is 4. The van der Waals surface area contributed by atoms with E-state index in [1.807, 2.05) is 11.9 Å². The van der Waals surface area contributed by atoms with Gasteiger partial charge in [0.1, 0.15) is 9.84 Å². The summed E-state index contributed by atoms with van der Waals surface area (Å²) < 4.78 is 22.0. The van der Waals surface area contributed by atoms with Gasteiger partial charge in [-0.15, -0.1) is 0 Å². The summed E-state index contributed by atoms with van der Waals surface area (Å²) in [4.78, 5) is 2.04. The summed E-state index contributed by atoms with van der Waals surface area (Å²) in [5.41, 5.74) is 5.79. The molecule has 0 fully saturated rings. The summed E-state index contributed by atoms with van der Waals surface area (Å²) in [6.45, 7) is 6.29. The molecule has 0 saturated carbocycles. The van der Waals surface area contributed by atoms with E-state index in [9.17, 15) is 8.42 Å². The molecule has 0 aliphatic carbocycles. The van der Waals surface area contributed by atoms with Gasteiger partial charge in [0.25, 0.3) is 0 Å². The Kier molecular flexibility index (Phi) is 5.77. The zero-order chi connectivity index (χ0) is 12.1. The Balaban J connectivity index is 4.08. The summed E-state index contributed by atoms with van der Waals surface area (Å²) in [6, 6.07) is 0. The third-order valence-electron chi connectivity index (χ3n) is 2.84. The lowest BCUT2D eigenvalue weighted by Crippen LogP contribution is -2.40. The molecule has 0 rings (SSSR count). The molecule has 1 unspecified atom stereocenters. The summed E-state index contributed by atoms with van der Waals surface area (Å²) in [5, 5.41) is 0. The van der Waals surface area contributed by atoms with Gasteiger partial charge in [-0.3, -0.25) is 0 Å². The van der Waals surface area contributed by atoms with Crippen molar-refractivity contribution in [2.75, 3.05) is 38.7 Å². The minimum absolute atomic E-state index is 0.0895. The van der Waals surface area contributed by atoms with E-state index in [4.69, 9.17) is 5.73 Å². The molecule has 0 aromatic carbocycles. The Bertz CT molecular complexity index is 271. The lowest BCUT2D eigenvalue weighted by atomic mass is 9.87. The Morgan fingerprint density at radius 3 is 2.27 bits per heavy atom. The van der Waals surface area contributed by atoms with Crippen LogP contribution < -0.4 is 5.73 Å². The molecule has 0 aliphatic rings. The van der Waals surface area contributed by atoms with Crippen molar-refractivity contribution in [3.8, 4) is 0 Å². The predicted octanol–water partition coefficient (Wildman–Crippen LogP) is 0.338. The molecule has 0 saturated heterocycles. The fraction of sp³-hybridized carbons (Fsp3) is 1.00. The second-order valence-electron chi connectivity index (χ2n) is 4.74. The van der Waals surface area contributed by atoms with Gasteiger partial charge in [0.2, 0.25) is 0 Å². The van der Waals surface area contributed by atoms with Crippen LogP contribution in [-0.4, -0.2) is 52.0 Å². The quantitative estimate of drug-likeness (QED) is 0.692. The first-order valence-corrected chi connectivity index (χ1v) is 7.35. The van der Waals surface area contributed by atoms with Gasteiger partial charge in [0.05, 0.1) is 5.75 Å². The van der Waals surface area contributed by atoms with Crippen LogP contribution in [-0.2, 0) is 9.84 Å². The highest BCUT2D eigenvalue weighted by molar-refractivity contribution is 7.90. The fourth-order valence-electron chi connectivity index (χ4n) is 1.37. The molecule has 15 heavy (non-hydrogen) atoms. The molecular weight excluding hydrogens is 212 g/mol. The third-order valence-corrected chi connectivity index (χ3v) is 3.77. The standard InChI is InChI=1S/C10H24N2O2S/c1-5-10(2,8-11)9-12(3)6-7-15(4,13)14/h5-9,11H2,1-4H3. The van der Waals surface area contributed by atoms with Crippen LogP contribution >= 0.6 is 0 Å². The first kappa shape index (κ1) is 14.9. The Hall–Kier alpha value is -0.130. The molecular formula is C10H24N2O2S. The minimum Gasteiger partial charge on any atom is -0.330 e. The topological polar surface area (TPSA) is 63.4 Å².